The Labute approximate surface area is 203 Å². The van der Waals surface area contributed by atoms with Crippen molar-refractivity contribution in [3.05, 3.63) is 100 Å². The second-order valence-electron chi connectivity index (χ2n) is 8.73. The molecule has 1 fully saturated rings. The number of carbonyl (C=O) groups is 1. The zero-order valence-electron chi connectivity index (χ0n) is 19.4. The van der Waals surface area contributed by atoms with Gasteiger partial charge in [0.05, 0.1) is 6.54 Å². The first-order valence-corrected chi connectivity index (χ1v) is 11.9. The van der Waals surface area contributed by atoms with Gasteiger partial charge in [-0.15, -0.1) is 0 Å². The predicted molar refractivity (Wildman–Crippen MR) is 136 cm³/mol. The summed E-state index contributed by atoms with van der Waals surface area (Å²) >= 11 is 0. The number of rotatable bonds is 6. The van der Waals surface area contributed by atoms with E-state index in [9.17, 15) is 9.59 Å². The summed E-state index contributed by atoms with van der Waals surface area (Å²) in [5.41, 5.74) is 3.21. The van der Waals surface area contributed by atoms with E-state index in [4.69, 9.17) is 0 Å². The second kappa shape index (κ2) is 10.4. The van der Waals surface area contributed by atoms with Crippen LogP contribution in [0.2, 0.25) is 0 Å². The van der Waals surface area contributed by atoms with E-state index < -0.39 is 0 Å². The fourth-order valence-corrected chi connectivity index (χ4v) is 4.43. The maximum absolute atomic E-state index is 13.5. The van der Waals surface area contributed by atoms with Crippen molar-refractivity contribution in [1.82, 2.24) is 25.2 Å². The summed E-state index contributed by atoms with van der Waals surface area (Å²) in [6.07, 6.45) is 3.16. The molecule has 2 aromatic carbocycles. The van der Waals surface area contributed by atoms with Crippen molar-refractivity contribution in [3.63, 3.8) is 0 Å². The Balaban J connectivity index is 1.27. The van der Waals surface area contributed by atoms with Crippen LogP contribution in [-0.2, 0) is 13.1 Å². The summed E-state index contributed by atoms with van der Waals surface area (Å²) in [7, 11) is 0. The van der Waals surface area contributed by atoms with Gasteiger partial charge in [0, 0.05) is 31.9 Å². The highest BCUT2D eigenvalue weighted by Gasteiger charge is 2.25. The van der Waals surface area contributed by atoms with E-state index >= 15 is 0 Å². The molecular weight excluding hydrogens is 440 g/mol. The van der Waals surface area contributed by atoms with Gasteiger partial charge >= 0.3 is 6.03 Å². The van der Waals surface area contributed by atoms with Gasteiger partial charge in [0.2, 0.25) is 0 Å². The quantitative estimate of drug-likeness (QED) is 0.453. The highest BCUT2D eigenvalue weighted by atomic mass is 16.2. The molecule has 0 spiro atoms. The lowest BCUT2D eigenvalue weighted by Crippen LogP contribution is -2.49. The lowest BCUT2D eigenvalue weighted by Gasteiger charge is -2.33. The van der Waals surface area contributed by atoms with E-state index in [1.165, 1.54) is 0 Å². The molecule has 0 atom stereocenters. The minimum atomic E-state index is -0.174. The lowest BCUT2D eigenvalue weighted by molar-refractivity contribution is 0.234. The summed E-state index contributed by atoms with van der Waals surface area (Å²) < 4.78 is 1.70. The van der Waals surface area contributed by atoms with Crippen LogP contribution in [0.4, 0.5) is 10.6 Å². The fraction of sp³-hybridized carbons (Fsp3) is 0.259. The van der Waals surface area contributed by atoms with Crippen molar-refractivity contribution in [2.75, 3.05) is 18.0 Å². The number of pyridine rings is 1. The molecule has 1 aliphatic heterocycles. The molecule has 0 unspecified atom stereocenters. The molecule has 1 saturated heterocycles. The van der Waals surface area contributed by atoms with Gasteiger partial charge in [-0.2, -0.15) is 0 Å². The van der Waals surface area contributed by atoms with Gasteiger partial charge in [0.1, 0.15) is 5.52 Å². The summed E-state index contributed by atoms with van der Waals surface area (Å²) in [5, 5.41) is 5.97. The average Bonchev–Trinajstić information content (AvgIpc) is 2.91. The van der Waals surface area contributed by atoms with Gasteiger partial charge in [-0.1, -0.05) is 60.7 Å². The molecule has 2 amide bonds. The van der Waals surface area contributed by atoms with Crippen molar-refractivity contribution in [1.29, 1.82) is 0 Å². The first-order chi connectivity index (χ1) is 17.2. The highest BCUT2D eigenvalue weighted by Crippen LogP contribution is 2.18. The number of piperidine rings is 1. The third-order valence-corrected chi connectivity index (χ3v) is 6.29. The fourth-order valence-electron chi connectivity index (χ4n) is 4.43. The van der Waals surface area contributed by atoms with E-state index in [0.29, 0.717) is 43.2 Å². The van der Waals surface area contributed by atoms with Crippen LogP contribution in [0.3, 0.4) is 0 Å². The first-order valence-electron chi connectivity index (χ1n) is 11.9. The molecule has 2 N–H and O–H groups in total. The van der Waals surface area contributed by atoms with Crippen molar-refractivity contribution < 1.29 is 4.79 Å². The van der Waals surface area contributed by atoms with Gasteiger partial charge in [0.15, 0.2) is 11.5 Å². The average molecular weight is 469 g/mol. The summed E-state index contributed by atoms with van der Waals surface area (Å²) in [5.74, 6) is 0.438. The van der Waals surface area contributed by atoms with E-state index in [-0.39, 0.29) is 17.6 Å². The first kappa shape index (κ1) is 22.6. The third kappa shape index (κ3) is 5.32. The summed E-state index contributed by atoms with van der Waals surface area (Å²) in [6, 6.07) is 23.3. The van der Waals surface area contributed by atoms with Gasteiger partial charge < -0.3 is 15.5 Å². The molecule has 0 saturated carbocycles. The SMILES string of the molecule is O=C(NCc1ccccc1)NC1CCN(c2nc3cccnc3n(Cc3ccccc3)c2=O)CC1. The predicted octanol–water partition coefficient (Wildman–Crippen LogP) is 3.31. The smallest absolute Gasteiger partial charge is 0.315 e. The molecule has 8 nitrogen and oxygen atoms in total. The van der Waals surface area contributed by atoms with Crippen molar-refractivity contribution in [3.8, 4) is 0 Å². The summed E-state index contributed by atoms with van der Waals surface area (Å²) in [6.45, 7) is 2.20. The number of nitrogens with one attached hydrogen (secondary N) is 2. The van der Waals surface area contributed by atoms with Crippen LogP contribution in [0.15, 0.2) is 83.8 Å². The molecule has 0 radical (unpaired) electrons. The number of urea groups is 1. The Morgan fingerprint density at radius 3 is 2.31 bits per heavy atom. The molecule has 178 valence electrons. The molecule has 8 heteroatoms. The number of benzene rings is 2. The Hall–Kier alpha value is -4.20. The van der Waals surface area contributed by atoms with Gasteiger partial charge in [-0.3, -0.25) is 9.36 Å². The zero-order valence-corrected chi connectivity index (χ0v) is 19.4. The van der Waals surface area contributed by atoms with Gasteiger partial charge in [0.25, 0.3) is 5.56 Å². The second-order valence-corrected chi connectivity index (χ2v) is 8.73. The number of hydrogen-bond donors (Lipinski definition) is 2. The minimum absolute atomic E-state index is 0.0516. The molecule has 2 aromatic heterocycles. The molecule has 0 aliphatic carbocycles. The standard InChI is InChI=1S/C27H28N6O2/c34-26-25(31-23-12-7-15-28-24(23)33(26)19-21-10-5-2-6-11-21)32-16-13-22(14-17-32)30-27(35)29-18-20-8-3-1-4-9-20/h1-12,15,22H,13-14,16-19H2,(H2,29,30,35). The largest absolute Gasteiger partial charge is 0.352 e. The zero-order chi connectivity index (χ0) is 24.0. The molecule has 4 aromatic rings. The maximum atomic E-state index is 13.5. The van der Waals surface area contributed by atoms with Crippen LogP contribution in [0.25, 0.3) is 11.2 Å². The van der Waals surface area contributed by atoms with Crippen LogP contribution in [0, 0.1) is 0 Å². The van der Waals surface area contributed by atoms with Crippen LogP contribution in [0.5, 0.6) is 0 Å². The monoisotopic (exact) mass is 468 g/mol. The molecule has 1 aliphatic rings. The normalized spacial score (nSPS) is 14.1. The number of aromatic nitrogens is 3. The topological polar surface area (TPSA) is 92.2 Å². The number of hydrogen-bond acceptors (Lipinski definition) is 5. The Bertz CT molecular complexity index is 1350. The van der Waals surface area contributed by atoms with E-state index in [1.807, 2.05) is 77.7 Å². The Morgan fingerprint density at radius 2 is 1.60 bits per heavy atom. The third-order valence-electron chi connectivity index (χ3n) is 6.29. The maximum Gasteiger partial charge on any atom is 0.315 e. The van der Waals surface area contributed by atoms with E-state index in [0.717, 1.165) is 24.0 Å². The van der Waals surface area contributed by atoms with Crippen LogP contribution in [-0.4, -0.2) is 39.7 Å². The number of anilines is 1. The Morgan fingerprint density at radius 1 is 0.914 bits per heavy atom. The minimum Gasteiger partial charge on any atom is -0.352 e. The van der Waals surface area contributed by atoms with Crippen molar-refractivity contribution in [2.24, 2.45) is 0 Å². The van der Waals surface area contributed by atoms with Crippen LogP contribution < -0.4 is 21.1 Å². The van der Waals surface area contributed by atoms with Crippen LogP contribution >= 0.6 is 0 Å². The highest BCUT2D eigenvalue weighted by molar-refractivity contribution is 5.74. The van der Waals surface area contributed by atoms with Gasteiger partial charge in [-0.05, 0) is 36.1 Å². The Kier molecular flexibility index (Phi) is 6.70. The van der Waals surface area contributed by atoms with Gasteiger partial charge in [-0.25, -0.2) is 14.8 Å². The molecule has 5 rings (SSSR count). The summed E-state index contributed by atoms with van der Waals surface area (Å²) in [4.78, 5) is 37.0. The number of fused-ring (bicyclic) bond motifs is 1. The van der Waals surface area contributed by atoms with E-state index in [2.05, 4.69) is 20.6 Å². The van der Waals surface area contributed by atoms with Crippen LogP contribution in [0.1, 0.15) is 24.0 Å². The lowest BCUT2D eigenvalue weighted by atomic mass is 10.1. The van der Waals surface area contributed by atoms with Crippen molar-refractivity contribution >= 4 is 23.0 Å². The molecule has 35 heavy (non-hydrogen) atoms. The number of amides is 2. The number of carbonyl (C=O) groups excluding carboxylic acids is 1. The molecule has 3 heterocycles. The number of nitrogens with zero attached hydrogens (tertiary/aromatic N) is 4. The van der Waals surface area contributed by atoms with Crippen molar-refractivity contribution in [2.45, 2.75) is 32.0 Å². The molecular formula is C27H28N6O2. The van der Waals surface area contributed by atoms with E-state index in [1.54, 1.807) is 10.8 Å². The molecule has 0 bridgehead atoms.